The van der Waals surface area contributed by atoms with E-state index in [1.807, 2.05) is 30.3 Å². The fourth-order valence-electron chi connectivity index (χ4n) is 1.48. The van der Waals surface area contributed by atoms with Crippen molar-refractivity contribution < 1.29 is 19.1 Å². The summed E-state index contributed by atoms with van der Waals surface area (Å²) in [7, 11) is 0. The van der Waals surface area contributed by atoms with Gasteiger partial charge in [0.1, 0.15) is 11.6 Å². The number of ether oxygens (including phenoxy) is 2. The summed E-state index contributed by atoms with van der Waals surface area (Å²) < 4.78 is 10.5. The third kappa shape index (κ3) is 7.68. The summed E-state index contributed by atoms with van der Waals surface area (Å²) in [5.41, 5.74) is 0.324. The number of benzene rings is 1. The van der Waals surface area contributed by atoms with Crippen molar-refractivity contribution >= 4 is 22.9 Å². The van der Waals surface area contributed by atoms with E-state index < -0.39 is 23.0 Å². The van der Waals surface area contributed by atoms with E-state index in [4.69, 9.17) is 21.1 Å². The van der Waals surface area contributed by atoms with E-state index in [2.05, 4.69) is 5.32 Å². The summed E-state index contributed by atoms with van der Waals surface area (Å²) in [6.45, 7) is 5.51. The number of rotatable bonds is 6. The molecule has 1 rings (SSSR count). The van der Waals surface area contributed by atoms with Crippen LogP contribution in [0, 0.1) is 0 Å². The molecule has 0 radical (unpaired) electrons. The normalized spacial score (nSPS) is 12.6. The largest absolute Gasteiger partial charge is 0.444 e. The van der Waals surface area contributed by atoms with Gasteiger partial charge in [-0.3, -0.25) is 4.79 Å². The molecule has 1 unspecified atom stereocenters. The molecular weight excluding hydrogens is 294 g/mol. The smallest absolute Gasteiger partial charge is 0.408 e. The molecule has 0 spiro atoms. The van der Waals surface area contributed by atoms with Crippen LogP contribution in [0.15, 0.2) is 30.3 Å². The standard InChI is InChI=1S/C15H20ClNO4/c1-15(2,3)21-14(19)17-12(13(16)18)10-20-9-11-7-5-4-6-8-11/h4-8,12H,9-10H2,1-3H3,(H,17,19). The molecule has 0 fully saturated rings. The summed E-state index contributed by atoms with van der Waals surface area (Å²) in [6, 6.07) is 8.55. The van der Waals surface area contributed by atoms with Crippen LogP contribution < -0.4 is 5.32 Å². The first kappa shape index (κ1) is 17.5. The summed E-state index contributed by atoms with van der Waals surface area (Å²) >= 11 is 5.45. The number of amides is 1. The Kier molecular flexibility index (Phi) is 6.65. The van der Waals surface area contributed by atoms with Crippen LogP contribution in [0.4, 0.5) is 4.79 Å². The lowest BCUT2D eigenvalue weighted by molar-refractivity contribution is -0.115. The van der Waals surface area contributed by atoms with Gasteiger partial charge in [-0.15, -0.1) is 0 Å². The summed E-state index contributed by atoms with van der Waals surface area (Å²) in [5, 5.41) is 1.69. The van der Waals surface area contributed by atoms with Gasteiger partial charge >= 0.3 is 6.09 Å². The van der Waals surface area contributed by atoms with Crippen LogP contribution in [-0.4, -0.2) is 29.6 Å². The molecule has 0 aliphatic heterocycles. The number of alkyl carbamates (subject to hydrolysis) is 1. The molecule has 116 valence electrons. The minimum Gasteiger partial charge on any atom is -0.444 e. The molecule has 5 nitrogen and oxygen atoms in total. The highest BCUT2D eigenvalue weighted by Gasteiger charge is 2.23. The molecule has 0 aliphatic carbocycles. The number of hydrogen-bond donors (Lipinski definition) is 1. The number of hydrogen-bond acceptors (Lipinski definition) is 4. The molecule has 21 heavy (non-hydrogen) atoms. The third-order valence-electron chi connectivity index (χ3n) is 2.36. The molecule has 1 aromatic carbocycles. The molecule has 1 atom stereocenters. The Hall–Kier alpha value is -1.59. The van der Waals surface area contributed by atoms with Crippen molar-refractivity contribution in [1.82, 2.24) is 5.32 Å². The Labute approximate surface area is 129 Å². The summed E-state index contributed by atoms with van der Waals surface area (Å²) in [5.74, 6) is 0. The molecule has 0 aromatic heterocycles. The monoisotopic (exact) mass is 313 g/mol. The Balaban J connectivity index is 2.43. The van der Waals surface area contributed by atoms with E-state index in [-0.39, 0.29) is 6.61 Å². The van der Waals surface area contributed by atoms with Gasteiger partial charge in [-0.1, -0.05) is 30.3 Å². The Morgan fingerprint density at radius 1 is 1.24 bits per heavy atom. The van der Waals surface area contributed by atoms with Crippen molar-refractivity contribution in [3.8, 4) is 0 Å². The van der Waals surface area contributed by atoms with E-state index in [0.717, 1.165) is 5.56 Å². The van der Waals surface area contributed by atoms with Crippen LogP contribution in [0.5, 0.6) is 0 Å². The average Bonchev–Trinajstić information content (AvgIpc) is 2.36. The lowest BCUT2D eigenvalue weighted by atomic mass is 10.2. The van der Waals surface area contributed by atoms with Crippen LogP contribution in [0.25, 0.3) is 0 Å². The maximum atomic E-state index is 11.6. The SMILES string of the molecule is CC(C)(C)OC(=O)NC(COCc1ccccc1)C(=O)Cl. The van der Waals surface area contributed by atoms with Crippen molar-refractivity contribution in [3.63, 3.8) is 0 Å². The molecule has 0 saturated heterocycles. The van der Waals surface area contributed by atoms with E-state index >= 15 is 0 Å². The second kappa shape index (κ2) is 8.00. The molecule has 6 heteroatoms. The van der Waals surface area contributed by atoms with E-state index in [1.165, 1.54) is 0 Å². The molecular formula is C15H20ClNO4. The van der Waals surface area contributed by atoms with Gasteiger partial charge in [0, 0.05) is 0 Å². The minimum absolute atomic E-state index is 0.0174. The van der Waals surface area contributed by atoms with Crippen molar-refractivity contribution in [2.24, 2.45) is 0 Å². The van der Waals surface area contributed by atoms with E-state index in [0.29, 0.717) is 6.61 Å². The number of nitrogens with one attached hydrogen (secondary N) is 1. The molecule has 1 N–H and O–H groups in total. The minimum atomic E-state index is -0.940. The third-order valence-corrected chi connectivity index (χ3v) is 2.62. The van der Waals surface area contributed by atoms with Crippen LogP contribution in [-0.2, 0) is 20.9 Å². The van der Waals surface area contributed by atoms with Crippen molar-refractivity contribution in [2.75, 3.05) is 6.61 Å². The topological polar surface area (TPSA) is 64.6 Å². The molecule has 1 amide bonds. The predicted molar refractivity (Wildman–Crippen MR) is 80.1 cm³/mol. The lowest BCUT2D eigenvalue weighted by Gasteiger charge is -2.22. The Morgan fingerprint density at radius 2 is 1.86 bits per heavy atom. The van der Waals surface area contributed by atoms with Crippen molar-refractivity contribution in [1.29, 1.82) is 0 Å². The zero-order valence-corrected chi connectivity index (χ0v) is 13.1. The number of halogens is 1. The number of carbonyl (C=O) groups excluding carboxylic acids is 2. The maximum absolute atomic E-state index is 11.6. The van der Waals surface area contributed by atoms with Gasteiger partial charge < -0.3 is 14.8 Å². The zero-order chi connectivity index (χ0) is 15.9. The van der Waals surface area contributed by atoms with Gasteiger partial charge in [-0.25, -0.2) is 4.79 Å². The van der Waals surface area contributed by atoms with Gasteiger partial charge in [0.2, 0.25) is 5.24 Å². The van der Waals surface area contributed by atoms with Crippen molar-refractivity contribution in [2.45, 2.75) is 39.0 Å². The maximum Gasteiger partial charge on any atom is 0.408 e. The summed E-state index contributed by atoms with van der Waals surface area (Å²) in [6.07, 6.45) is -0.704. The second-order valence-corrected chi connectivity index (χ2v) is 5.88. The predicted octanol–water partition coefficient (Wildman–Crippen LogP) is 2.86. The number of carbonyl (C=O) groups is 2. The van der Waals surface area contributed by atoms with Crippen LogP contribution in [0.1, 0.15) is 26.3 Å². The van der Waals surface area contributed by atoms with Gasteiger partial charge in [-0.2, -0.15) is 0 Å². The first-order valence-corrected chi connectivity index (χ1v) is 6.96. The lowest BCUT2D eigenvalue weighted by Crippen LogP contribution is -2.44. The van der Waals surface area contributed by atoms with Crippen LogP contribution in [0.3, 0.4) is 0 Å². The molecule has 1 aromatic rings. The molecule has 0 saturated carbocycles. The highest BCUT2D eigenvalue weighted by Crippen LogP contribution is 2.08. The van der Waals surface area contributed by atoms with Gasteiger partial charge in [0.15, 0.2) is 0 Å². The first-order valence-electron chi connectivity index (χ1n) is 6.58. The highest BCUT2D eigenvalue weighted by molar-refractivity contribution is 6.64. The Morgan fingerprint density at radius 3 is 2.38 bits per heavy atom. The van der Waals surface area contributed by atoms with Gasteiger partial charge in [0.05, 0.1) is 13.2 Å². The summed E-state index contributed by atoms with van der Waals surface area (Å²) in [4.78, 5) is 22.9. The molecule has 0 heterocycles. The fourth-order valence-corrected chi connectivity index (χ4v) is 1.60. The molecule has 0 bridgehead atoms. The van der Waals surface area contributed by atoms with Gasteiger partial charge in [0.25, 0.3) is 0 Å². The Bertz CT molecular complexity index is 470. The van der Waals surface area contributed by atoms with Crippen molar-refractivity contribution in [3.05, 3.63) is 35.9 Å². The molecule has 0 aliphatic rings. The second-order valence-electron chi connectivity index (χ2n) is 5.50. The van der Waals surface area contributed by atoms with Crippen LogP contribution in [0.2, 0.25) is 0 Å². The highest BCUT2D eigenvalue weighted by atomic mass is 35.5. The van der Waals surface area contributed by atoms with E-state index in [1.54, 1.807) is 20.8 Å². The first-order chi connectivity index (χ1) is 9.78. The van der Waals surface area contributed by atoms with Gasteiger partial charge in [-0.05, 0) is 37.9 Å². The average molecular weight is 314 g/mol. The van der Waals surface area contributed by atoms with E-state index in [9.17, 15) is 9.59 Å². The zero-order valence-electron chi connectivity index (χ0n) is 12.4. The van der Waals surface area contributed by atoms with Crippen LogP contribution >= 0.6 is 11.6 Å². The fraction of sp³-hybridized carbons (Fsp3) is 0.467. The quantitative estimate of drug-likeness (QED) is 0.820.